The third-order valence-corrected chi connectivity index (χ3v) is 3.87. The number of anilines is 1. The summed E-state index contributed by atoms with van der Waals surface area (Å²) in [5, 5.41) is 7.51. The molecule has 0 bridgehead atoms. The molecule has 1 aromatic carbocycles. The van der Waals surface area contributed by atoms with Crippen LogP contribution in [0, 0.1) is 5.82 Å². The molecule has 0 unspecified atom stereocenters. The zero-order chi connectivity index (χ0) is 17.4. The molecule has 2 rings (SSSR count). The molecule has 0 aliphatic heterocycles. The first-order valence-corrected chi connectivity index (χ1v) is 8.23. The lowest BCUT2D eigenvalue weighted by molar-refractivity contribution is -0.120. The van der Waals surface area contributed by atoms with Crippen LogP contribution in [0.15, 0.2) is 29.6 Å². The van der Waals surface area contributed by atoms with Gasteiger partial charge in [-0.3, -0.25) is 14.9 Å². The minimum Gasteiger partial charge on any atom is -0.385 e. The van der Waals surface area contributed by atoms with Gasteiger partial charge in [-0.2, -0.15) is 0 Å². The first-order chi connectivity index (χ1) is 11.6. The van der Waals surface area contributed by atoms with Gasteiger partial charge in [-0.1, -0.05) is 0 Å². The molecule has 0 saturated heterocycles. The Morgan fingerprint density at radius 2 is 2.04 bits per heavy atom. The van der Waals surface area contributed by atoms with E-state index < -0.39 is 5.82 Å². The number of ether oxygens (including phenoxy) is 1. The lowest BCUT2D eigenvalue weighted by Gasteiger charge is -2.03. The maximum Gasteiger partial charge on any atom is 0.257 e. The van der Waals surface area contributed by atoms with Crippen LogP contribution in [0.4, 0.5) is 9.52 Å². The van der Waals surface area contributed by atoms with Gasteiger partial charge in [-0.15, -0.1) is 11.3 Å². The van der Waals surface area contributed by atoms with Crippen LogP contribution in [0.5, 0.6) is 0 Å². The van der Waals surface area contributed by atoms with E-state index in [2.05, 4.69) is 15.6 Å². The van der Waals surface area contributed by atoms with Gasteiger partial charge in [-0.05, 0) is 30.7 Å². The third-order valence-electron chi connectivity index (χ3n) is 3.07. The normalized spacial score (nSPS) is 10.4. The summed E-state index contributed by atoms with van der Waals surface area (Å²) in [5.41, 5.74) is 0.919. The lowest BCUT2D eigenvalue weighted by Crippen LogP contribution is -2.26. The first kappa shape index (κ1) is 18.0. The van der Waals surface area contributed by atoms with Gasteiger partial charge in [0.2, 0.25) is 5.91 Å². The minimum absolute atomic E-state index is 0.132. The Balaban J connectivity index is 1.83. The molecule has 1 heterocycles. The van der Waals surface area contributed by atoms with Crippen LogP contribution < -0.4 is 10.6 Å². The number of rotatable bonds is 8. The van der Waals surface area contributed by atoms with Crippen molar-refractivity contribution in [1.82, 2.24) is 10.3 Å². The Labute approximate surface area is 143 Å². The van der Waals surface area contributed by atoms with Crippen LogP contribution in [-0.4, -0.2) is 37.1 Å². The molecule has 0 aliphatic rings. The summed E-state index contributed by atoms with van der Waals surface area (Å²) in [7, 11) is 1.61. The van der Waals surface area contributed by atoms with Gasteiger partial charge in [0.1, 0.15) is 5.82 Å². The standard InChI is InChI=1S/C16H18FN3O3S/c1-23-8-2-7-18-14(21)9-13-10-24-16(19-13)20-15(22)11-3-5-12(17)6-4-11/h3-6,10H,2,7-9H2,1H3,(H,18,21)(H,19,20,22). The number of aromatic nitrogens is 1. The van der Waals surface area contributed by atoms with Gasteiger partial charge in [0.25, 0.3) is 5.91 Å². The van der Waals surface area contributed by atoms with Gasteiger partial charge < -0.3 is 10.1 Å². The predicted molar refractivity (Wildman–Crippen MR) is 89.7 cm³/mol. The number of thiazole rings is 1. The highest BCUT2D eigenvalue weighted by Gasteiger charge is 2.11. The second-order valence-corrected chi connectivity index (χ2v) is 5.84. The highest BCUT2D eigenvalue weighted by atomic mass is 32.1. The van der Waals surface area contributed by atoms with Crippen molar-refractivity contribution in [2.75, 3.05) is 25.6 Å². The second-order valence-electron chi connectivity index (χ2n) is 4.98. The fourth-order valence-corrected chi connectivity index (χ4v) is 2.59. The van der Waals surface area contributed by atoms with E-state index in [1.807, 2.05) is 0 Å². The number of carbonyl (C=O) groups is 2. The average molecular weight is 351 g/mol. The van der Waals surface area contributed by atoms with Crippen LogP contribution in [0.1, 0.15) is 22.5 Å². The third kappa shape index (κ3) is 5.71. The number of benzene rings is 1. The first-order valence-electron chi connectivity index (χ1n) is 7.35. The Hall–Kier alpha value is -2.32. The summed E-state index contributed by atoms with van der Waals surface area (Å²) in [6.07, 6.45) is 0.897. The van der Waals surface area contributed by atoms with Crippen LogP contribution in [0.25, 0.3) is 0 Å². The van der Waals surface area contributed by atoms with Crippen molar-refractivity contribution < 1.29 is 18.7 Å². The molecule has 0 atom stereocenters. The number of hydrogen-bond acceptors (Lipinski definition) is 5. The summed E-state index contributed by atoms with van der Waals surface area (Å²) in [5.74, 6) is -0.910. The number of amides is 2. The lowest BCUT2D eigenvalue weighted by atomic mass is 10.2. The number of methoxy groups -OCH3 is 1. The van der Waals surface area contributed by atoms with Gasteiger partial charge in [-0.25, -0.2) is 9.37 Å². The van der Waals surface area contributed by atoms with Gasteiger partial charge >= 0.3 is 0 Å². The van der Waals surface area contributed by atoms with Crippen molar-refractivity contribution in [2.24, 2.45) is 0 Å². The number of carbonyl (C=O) groups excluding carboxylic acids is 2. The average Bonchev–Trinajstić information content (AvgIpc) is 2.99. The topological polar surface area (TPSA) is 80.3 Å². The summed E-state index contributed by atoms with van der Waals surface area (Å²) in [6.45, 7) is 1.14. The van der Waals surface area contributed by atoms with Gasteiger partial charge in [0.15, 0.2) is 5.13 Å². The molecule has 0 fully saturated rings. The van der Waals surface area contributed by atoms with Crippen LogP contribution in [-0.2, 0) is 16.0 Å². The minimum atomic E-state index is -0.403. The second kappa shape index (κ2) is 9.09. The molecule has 1 aromatic heterocycles. The zero-order valence-electron chi connectivity index (χ0n) is 13.2. The predicted octanol–water partition coefficient (Wildman–Crippen LogP) is 2.23. The van der Waals surface area contributed by atoms with E-state index in [0.717, 1.165) is 6.42 Å². The monoisotopic (exact) mass is 351 g/mol. The highest BCUT2D eigenvalue weighted by molar-refractivity contribution is 7.14. The molecule has 0 radical (unpaired) electrons. The van der Waals surface area contributed by atoms with Gasteiger partial charge in [0, 0.05) is 31.2 Å². The number of nitrogens with one attached hydrogen (secondary N) is 2. The van der Waals surface area contributed by atoms with Crippen LogP contribution in [0.3, 0.4) is 0 Å². The quantitative estimate of drug-likeness (QED) is 0.715. The summed E-state index contributed by atoms with van der Waals surface area (Å²) < 4.78 is 17.7. The van der Waals surface area contributed by atoms with Crippen molar-refractivity contribution in [3.63, 3.8) is 0 Å². The summed E-state index contributed by atoms with van der Waals surface area (Å²) in [6, 6.07) is 5.23. The van der Waals surface area contributed by atoms with E-state index in [0.29, 0.717) is 29.5 Å². The van der Waals surface area contributed by atoms with E-state index in [4.69, 9.17) is 4.74 Å². The van der Waals surface area contributed by atoms with Crippen molar-refractivity contribution in [3.05, 3.63) is 46.7 Å². The molecular weight excluding hydrogens is 333 g/mol. The van der Waals surface area contributed by atoms with E-state index in [9.17, 15) is 14.0 Å². The Kier molecular flexibility index (Phi) is 6.83. The molecule has 0 saturated carbocycles. The van der Waals surface area contributed by atoms with Crippen molar-refractivity contribution in [2.45, 2.75) is 12.8 Å². The summed E-state index contributed by atoms with van der Waals surface area (Å²) in [4.78, 5) is 28.0. The van der Waals surface area contributed by atoms with Crippen molar-refractivity contribution in [3.8, 4) is 0 Å². The molecule has 6 nitrogen and oxygen atoms in total. The summed E-state index contributed by atoms with van der Waals surface area (Å²) >= 11 is 1.23. The maximum absolute atomic E-state index is 12.8. The molecule has 2 aromatic rings. The maximum atomic E-state index is 12.8. The van der Waals surface area contributed by atoms with E-state index in [1.165, 1.54) is 35.6 Å². The Bertz CT molecular complexity index is 688. The molecule has 2 N–H and O–H groups in total. The number of halogens is 1. The van der Waals surface area contributed by atoms with E-state index >= 15 is 0 Å². The molecule has 128 valence electrons. The SMILES string of the molecule is COCCCNC(=O)Cc1csc(NC(=O)c2ccc(F)cc2)n1. The molecular formula is C16H18FN3O3S. The fourth-order valence-electron chi connectivity index (χ4n) is 1.89. The van der Waals surface area contributed by atoms with Crippen LogP contribution in [0.2, 0.25) is 0 Å². The molecule has 2 amide bonds. The highest BCUT2D eigenvalue weighted by Crippen LogP contribution is 2.17. The Morgan fingerprint density at radius 3 is 2.75 bits per heavy atom. The molecule has 24 heavy (non-hydrogen) atoms. The smallest absolute Gasteiger partial charge is 0.257 e. The van der Waals surface area contributed by atoms with Gasteiger partial charge in [0.05, 0.1) is 12.1 Å². The Morgan fingerprint density at radius 1 is 1.29 bits per heavy atom. The number of nitrogens with zero attached hydrogens (tertiary/aromatic N) is 1. The molecule has 0 spiro atoms. The van der Waals surface area contributed by atoms with Crippen LogP contribution >= 0.6 is 11.3 Å². The largest absolute Gasteiger partial charge is 0.385 e. The zero-order valence-corrected chi connectivity index (χ0v) is 14.0. The van der Waals surface area contributed by atoms with E-state index in [-0.39, 0.29) is 18.2 Å². The van der Waals surface area contributed by atoms with E-state index in [1.54, 1.807) is 12.5 Å². The molecule has 0 aliphatic carbocycles. The number of hydrogen-bond donors (Lipinski definition) is 2. The van der Waals surface area contributed by atoms with Crippen molar-refractivity contribution >= 4 is 28.3 Å². The van der Waals surface area contributed by atoms with Crippen molar-refractivity contribution in [1.29, 1.82) is 0 Å². The fraction of sp³-hybridized carbons (Fsp3) is 0.312. The molecule has 8 heteroatoms.